The van der Waals surface area contributed by atoms with E-state index in [1.807, 2.05) is 24.0 Å². The number of halogens is 1. The van der Waals surface area contributed by atoms with E-state index in [2.05, 4.69) is 16.0 Å². The van der Waals surface area contributed by atoms with E-state index in [1.54, 1.807) is 24.3 Å². The van der Waals surface area contributed by atoms with Gasteiger partial charge in [0.25, 0.3) is 5.56 Å². The van der Waals surface area contributed by atoms with Gasteiger partial charge in [-0.1, -0.05) is 6.07 Å². The molecular weight excluding hydrogens is 395 g/mol. The Morgan fingerprint density at radius 3 is 2.52 bits per heavy atom. The summed E-state index contributed by atoms with van der Waals surface area (Å²) in [5.74, 6) is -0.499. The number of nitrogens with one attached hydrogen (secondary N) is 1. The predicted octanol–water partition coefficient (Wildman–Crippen LogP) is 3.13. The smallest absolute Gasteiger partial charge is 0.259 e. The lowest BCUT2D eigenvalue weighted by molar-refractivity contribution is -0.131. The van der Waals surface area contributed by atoms with Crippen molar-refractivity contribution < 1.29 is 9.18 Å². The van der Waals surface area contributed by atoms with Crippen molar-refractivity contribution in [2.24, 2.45) is 0 Å². The van der Waals surface area contributed by atoms with Crippen molar-refractivity contribution in [3.8, 4) is 6.07 Å². The van der Waals surface area contributed by atoms with Gasteiger partial charge in [-0.3, -0.25) is 9.59 Å². The number of amides is 1. The second-order valence-corrected chi connectivity index (χ2v) is 7.80. The van der Waals surface area contributed by atoms with E-state index >= 15 is 0 Å². The van der Waals surface area contributed by atoms with Crippen molar-refractivity contribution in [1.82, 2.24) is 9.88 Å². The van der Waals surface area contributed by atoms with E-state index in [9.17, 15) is 14.0 Å². The van der Waals surface area contributed by atoms with Gasteiger partial charge >= 0.3 is 0 Å². The zero-order valence-electron chi connectivity index (χ0n) is 17.3. The number of piperazine rings is 1. The van der Waals surface area contributed by atoms with Gasteiger partial charge in [0, 0.05) is 44.0 Å². The third-order valence-corrected chi connectivity index (χ3v) is 5.83. The molecule has 2 aromatic carbocycles. The maximum atomic E-state index is 14.0. The first-order chi connectivity index (χ1) is 15.0. The Hall–Kier alpha value is -3.66. The van der Waals surface area contributed by atoms with Crippen LogP contribution in [0.5, 0.6) is 0 Å². The van der Waals surface area contributed by atoms with Crippen molar-refractivity contribution in [2.75, 3.05) is 31.1 Å². The summed E-state index contributed by atoms with van der Waals surface area (Å²) in [7, 11) is 0. The number of nitriles is 1. The van der Waals surface area contributed by atoms with E-state index in [-0.39, 0.29) is 17.7 Å². The van der Waals surface area contributed by atoms with Gasteiger partial charge in [0.15, 0.2) is 0 Å². The average Bonchev–Trinajstić information content (AvgIpc) is 2.80. The van der Waals surface area contributed by atoms with Gasteiger partial charge in [-0.2, -0.15) is 5.26 Å². The summed E-state index contributed by atoms with van der Waals surface area (Å²) in [5, 5.41) is 9.57. The number of aryl methyl sites for hydroxylation is 2. The maximum Gasteiger partial charge on any atom is 0.259 e. The summed E-state index contributed by atoms with van der Waals surface area (Å²) in [5.41, 5.74) is 2.67. The molecule has 7 heteroatoms. The van der Waals surface area contributed by atoms with Gasteiger partial charge < -0.3 is 14.8 Å². The fourth-order valence-corrected chi connectivity index (χ4v) is 4.03. The van der Waals surface area contributed by atoms with E-state index in [4.69, 9.17) is 5.26 Å². The van der Waals surface area contributed by atoms with Crippen LogP contribution in [0.25, 0.3) is 10.8 Å². The number of aromatic amines is 1. The SMILES string of the molecule is Cc1ccc(F)c2c(=O)[nH]c(CCC(=O)N3CCN(c4ccc(C#N)cc4)CC3)cc12. The molecular formula is C24H23FN4O2. The Morgan fingerprint density at radius 1 is 1.13 bits per heavy atom. The molecule has 1 saturated heterocycles. The molecule has 1 amide bonds. The van der Waals surface area contributed by atoms with Crippen molar-refractivity contribution in [2.45, 2.75) is 19.8 Å². The number of carbonyl (C=O) groups excluding carboxylic acids is 1. The molecule has 0 spiro atoms. The molecule has 0 saturated carbocycles. The van der Waals surface area contributed by atoms with Crippen molar-refractivity contribution in [3.63, 3.8) is 0 Å². The summed E-state index contributed by atoms with van der Waals surface area (Å²) in [6, 6.07) is 14.3. The first kappa shape index (κ1) is 20.6. The van der Waals surface area contributed by atoms with Crippen LogP contribution in [0.2, 0.25) is 0 Å². The zero-order valence-corrected chi connectivity index (χ0v) is 17.3. The topological polar surface area (TPSA) is 80.2 Å². The van der Waals surface area contributed by atoms with Crippen LogP contribution in [0.3, 0.4) is 0 Å². The number of pyridine rings is 1. The number of anilines is 1. The molecule has 0 unspecified atom stereocenters. The number of rotatable bonds is 4. The molecule has 0 aliphatic carbocycles. The zero-order chi connectivity index (χ0) is 22.0. The molecule has 1 fully saturated rings. The number of nitrogens with zero attached hydrogens (tertiary/aromatic N) is 3. The molecule has 1 N–H and O–H groups in total. The quantitative estimate of drug-likeness (QED) is 0.706. The number of hydrogen-bond acceptors (Lipinski definition) is 4. The highest BCUT2D eigenvalue weighted by Gasteiger charge is 2.21. The average molecular weight is 418 g/mol. The minimum atomic E-state index is -0.537. The second-order valence-electron chi connectivity index (χ2n) is 7.80. The van der Waals surface area contributed by atoms with Crippen LogP contribution in [-0.4, -0.2) is 42.0 Å². The van der Waals surface area contributed by atoms with Crippen LogP contribution in [0.1, 0.15) is 23.2 Å². The Bertz CT molecular complexity index is 1220. The molecule has 0 radical (unpaired) electrons. The summed E-state index contributed by atoms with van der Waals surface area (Å²) in [4.78, 5) is 31.8. The monoisotopic (exact) mass is 418 g/mol. The first-order valence-corrected chi connectivity index (χ1v) is 10.3. The Labute approximate surface area is 179 Å². The van der Waals surface area contributed by atoms with E-state index in [0.29, 0.717) is 36.2 Å². The van der Waals surface area contributed by atoms with Gasteiger partial charge in [0.1, 0.15) is 5.82 Å². The highest BCUT2D eigenvalue weighted by atomic mass is 19.1. The Morgan fingerprint density at radius 2 is 1.84 bits per heavy atom. The predicted molar refractivity (Wildman–Crippen MR) is 118 cm³/mol. The van der Waals surface area contributed by atoms with Crippen LogP contribution >= 0.6 is 0 Å². The molecule has 0 atom stereocenters. The van der Waals surface area contributed by atoms with Gasteiger partial charge in [0.2, 0.25) is 5.91 Å². The van der Waals surface area contributed by atoms with E-state index in [0.717, 1.165) is 24.3 Å². The van der Waals surface area contributed by atoms with Gasteiger partial charge in [0.05, 0.1) is 17.0 Å². The molecule has 1 aliphatic heterocycles. The number of hydrogen-bond donors (Lipinski definition) is 1. The molecule has 4 rings (SSSR count). The van der Waals surface area contributed by atoms with Crippen molar-refractivity contribution >= 4 is 22.4 Å². The number of aromatic nitrogens is 1. The number of H-pyrrole nitrogens is 1. The van der Waals surface area contributed by atoms with E-state index in [1.165, 1.54) is 6.07 Å². The van der Waals surface area contributed by atoms with Crippen LogP contribution < -0.4 is 10.5 Å². The molecule has 158 valence electrons. The largest absolute Gasteiger partial charge is 0.368 e. The summed E-state index contributed by atoms with van der Waals surface area (Å²) in [6.07, 6.45) is 0.683. The fourth-order valence-electron chi connectivity index (χ4n) is 4.03. The maximum absolute atomic E-state index is 14.0. The van der Waals surface area contributed by atoms with Crippen LogP contribution in [-0.2, 0) is 11.2 Å². The lowest BCUT2D eigenvalue weighted by Crippen LogP contribution is -2.48. The van der Waals surface area contributed by atoms with Crippen LogP contribution in [0, 0.1) is 24.1 Å². The first-order valence-electron chi connectivity index (χ1n) is 10.3. The van der Waals surface area contributed by atoms with Crippen molar-refractivity contribution in [1.29, 1.82) is 5.26 Å². The lowest BCUT2D eigenvalue weighted by atomic mass is 10.0. The third-order valence-electron chi connectivity index (χ3n) is 5.83. The van der Waals surface area contributed by atoms with Crippen LogP contribution in [0.4, 0.5) is 10.1 Å². The second kappa shape index (κ2) is 8.60. The molecule has 3 aromatic rings. The number of carbonyl (C=O) groups is 1. The van der Waals surface area contributed by atoms with Gasteiger partial charge in [-0.05, 0) is 60.7 Å². The van der Waals surface area contributed by atoms with Gasteiger partial charge in [-0.25, -0.2) is 4.39 Å². The minimum Gasteiger partial charge on any atom is -0.368 e. The van der Waals surface area contributed by atoms with Gasteiger partial charge in [-0.15, -0.1) is 0 Å². The molecule has 1 aliphatic rings. The lowest BCUT2D eigenvalue weighted by Gasteiger charge is -2.36. The standard InChI is InChI=1S/C24H23FN4O2/c1-16-2-8-21(25)23-20(16)14-18(27-24(23)31)5-9-22(30)29-12-10-28(11-13-29)19-6-3-17(15-26)4-7-19/h2-4,6-8,14H,5,9-13H2,1H3,(H,27,31). The fraction of sp³-hybridized carbons (Fsp3) is 0.292. The number of fused-ring (bicyclic) bond motifs is 1. The van der Waals surface area contributed by atoms with E-state index < -0.39 is 11.4 Å². The molecule has 0 bridgehead atoms. The molecule has 6 nitrogen and oxygen atoms in total. The Kier molecular flexibility index (Phi) is 5.72. The summed E-state index contributed by atoms with van der Waals surface area (Å²) in [6.45, 7) is 4.53. The summed E-state index contributed by atoms with van der Waals surface area (Å²) >= 11 is 0. The highest BCUT2D eigenvalue weighted by molar-refractivity contribution is 5.85. The molecule has 2 heterocycles. The highest BCUT2D eigenvalue weighted by Crippen LogP contribution is 2.20. The summed E-state index contributed by atoms with van der Waals surface area (Å²) < 4.78 is 14.0. The van der Waals surface area contributed by atoms with Crippen molar-refractivity contribution in [3.05, 3.63) is 75.5 Å². The minimum absolute atomic E-state index is 0.0383. The normalized spacial score (nSPS) is 14.0. The Balaban J connectivity index is 1.37. The number of benzene rings is 2. The molecule has 1 aromatic heterocycles. The molecule has 31 heavy (non-hydrogen) atoms. The van der Waals surface area contributed by atoms with Crippen LogP contribution in [0.15, 0.2) is 47.3 Å². The third kappa shape index (κ3) is 4.29.